The molecule has 2 aromatic carbocycles. The van der Waals surface area contributed by atoms with Crippen molar-refractivity contribution in [3.63, 3.8) is 0 Å². The van der Waals surface area contributed by atoms with Gasteiger partial charge >= 0.3 is 5.97 Å². The van der Waals surface area contributed by atoms with E-state index in [4.69, 9.17) is 26.2 Å². The molecule has 0 saturated heterocycles. The molecule has 0 heterocycles. The lowest BCUT2D eigenvalue weighted by molar-refractivity contribution is -0.144. The molecule has 0 bridgehead atoms. The van der Waals surface area contributed by atoms with Crippen molar-refractivity contribution in [2.45, 2.75) is 38.9 Å². The van der Waals surface area contributed by atoms with Crippen molar-refractivity contribution in [3.8, 4) is 11.5 Å². The Labute approximate surface area is 238 Å². The van der Waals surface area contributed by atoms with Crippen LogP contribution in [0.1, 0.15) is 48.4 Å². The lowest BCUT2D eigenvalue weighted by Crippen LogP contribution is -2.30. The number of halogens is 1. The molecule has 0 unspecified atom stereocenters. The van der Waals surface area contributed by atoms with Crippen molar-refractivity contribution in [2.75, 3.05) is 20.0 Å². The van der Waals surface area contributed by atoms with Gasteiger partial charge in [-0.15, -0.1) is 0 Å². The van der Waals surface area contributed by atoms with Crippen LogP contribution in [0, 0.1) is 0 Å². The monoisotopic (exact) mass is 578 g/mol. The standard InChI is InChI=1S/C14H16O5.C12H16O4.C3H3ClO/c1-4-12(15)19-9-18-11-7-5-10(6-8-11)13(16)14(2,3)17;1-12(2,15)11(14)9-3-5-10(6-4-9)16-8-7-13;1-2-3(4)5/h4-8,17H,1,9H2,2-3H3;3-6,13,15H,7-8H2,1-2H3;2H,1H2. The van der Waals surface area contributed by atoms with E-state index in [9.17, 15) is 29.4 Å². The zero-order valence-corrected chi connectivity index (χ0v) is 23.6. The molecule has 40 heavy (non-hydrogen) atoms. The van der Waals surface area contributed by atoms with E-state index in [0.717, 1.165) is 12.2 Å². The maximum atomic E-state index is 11.7. The average molecular weight is 579 g/mol. The van der Waals surface area contributed by atoms with E-state index in [2.05, 4.69) is 17.9 Å². The number of carbonyl (C=O) groups excluding carboxylic acids is 4. The first kappa shape index (κ1) is 36.2. The Hall–Kier alpha value is -3.83. The first-order chi connectivity index (χ1) is 18.6. The highest BCUT2D eigenvalue weighted by Crippen LogP contribution is 2.18. The molecule has 0 saturated carbocycles. The molecule has 0 aliphatic carbocycles. The molecule has 2 rings (SSSR count). The topological polar surface area (TPSA) is 157 Å². The van der Waals surface area contributed by atoms with Crippen LogP contribution in [0.25, 0.3) is 0 Å². The van der Waals surface area contributed by atoms with E-state index in [0.29, 0.717) is 22.6 Å². The average Bonchev–Trinajstić information content (AvgIpc) is 2.91. The third-order valence-electron chi connectivity index (χ3n) is 4.46. The fourth-order valence-electron chi connectivity index (χ4n) is 2.49. The number of esters is 1. The van der Waals surface area contributed by atoms with Gasteiger partial charge in [-0.2, -0.15) is 0 Å². The van der Waals surface area contributed by atoms with E-state index >= 15 is 0 Å². The Bertz CT molecular complexity index is 1130. The molecule has 0 aliphatic heterocycles. The van der Waals surface area contributed by atoms with Crippen LogP contribution < -0.4 is 9.47 Å². The van der Waals surface area contributed by atoms with Gasteiger partial charge in [0.05, 0.1) is 6.61 Å². The molecular weight excluding hydrogens is 544 g/mol. The Morgan fingerprint density at radius 2 is 1.15 bits per heavy atom. The third-order valence-corrected chi connectivity index (χ3v) is 4.61. The van der Waals surface area contributed by atoms with Crippen molar-refractivity contribution >= 4 is 34.4 Å². The summed E-state index contributed by atoms with van der Waals surface area (Å²) in [4.78, 5) is 43.6. The maximum absolute atomic E-state index is 11.7. The van der Waals surface area contributed by atoms with E-state index < -0.39 is 22.4 Å². The van der Waals surface area contributed by atoms with E-state index in [-0.39, 0.29) is 31.6 Å². The molecule has 11 heteroatoms. The summed E-state index contributed by atoms with van der Waals surface area (Å²) in [6, 6.07) is 12.6. The third kappa shape index (κ3) is 14.9. The zero-order valence-electron chi connectivity index (χ0n) is 22.9. The number of hydrogen-bond donors (Lipinski definition) is 3. The molecule has 0 aliphatic rings. The van der Waals surface area contributed by atoms with Gasteiger partial charge in [-0.25, -0.2) is 4.79 Å². The molecule has 0 atom stereocenters. The van der Waals surface area contributed by atoms with Crippen LogP contribution >= 0.6 is 11.6 Å². The molecule has 2 aromatic rings. The van der Waals surface area contributed by atoms with Gasteiger partial charge in [0.15, 0.2) is 11.6 Å². The maximum Gasteiger partial charge on any atom is 0.333 e. The van der Waals surface area contributed by atoms with Gasteiger partial charge in [-0.1, -0.05) is 13.2 Å². The van der Waals surface area contributed by atoms with Gasteiger partial charge in [0.2, 0.25) is 12.0 Å². The minimum Gasteiger partial charge on any atom is -0.491 e. The number of hydrogen-bond acceptors (Lipinski definition) is 10. The second-order valence-electron chi connectivity index (χ2n) is 8.84. The lowest BCUT2D eigenvalue weighted by atomic mass is 9.97. The summed E-state index contributed by atoms with van der Waals surface area (Å²) in [5.41, 5.74) is -1.97. The Balaban J connectivity index is 0.000000657. The summed E-state index contributed by atoms with van der Waals surface area (Å²) < 4.78 is 14.9. The molecule has 3 N–H and O–H groups in total. The van der Waals surface area contributed by atoms with Crippen LogP contribution in [0.3, 0.4) is 0 Å². The minimum absolute atomic E-state index is 0.0512. The number of Topliss-reactive ketones (excluding diaryl/α,β-unsaturated/α-hetero) is 2. The molecule has 0 spiro atoms. The van der Waals surface area contributed by atoms with Crippen LogP contribution in [0.2, 0.25) is 0 Å². The predicted molar refractivity (Wildman–Crippen MR) is 150 cm³/mol. The van der Waals surface area contributed by atoms with Crippen molar-refractivity contribution in [2.24, 2.45) is 0 Å². The van der Waals surface area contributed by atoms with Gasteiger partial charge in [0, 0.05) is 17.2 Å². The number of ether oxygens (including phenoxy) is 3. The zero-order chi connectivity index (χ0) is 30.9. The lowest BCUT2D eigenvalue weighted by Gasteiger charge is -2.15. The van der Waals surface area contributed by atoms with Crippen molar-refractivity contribution < 1.29 is 48.7 Å². The largest absolute Gasteiger partial charge is 0.491 e. The number of ketones is 2. The second kappa shape index (κ2) is 17.7. The fourth-order valence-corrected chi connectivity index (χ4v) is 2.49. The highest BCUT2D eigenvalue weighted by atomic mass is 35.5. The highest BCUT2D eigenvalue weighted by molar-refractivity contribution is 6.66. The summed E-state index contributed by atoms with van der Waals surface area (Å²) in [6.07, 6.45) is 2.08. The Morgan fingerprint density at radius 1 is 0.775 bits per heavy atom. The van der Waals surface area contributed by atoms with Crippen LogP contribution in [0.5, 0.6) is 11.5 Å². The molecule has 0 fully saturated rings. The molecule has 0 amide bonds. The normalized spacial score (nSPS) is 10.4. The SMILES string of the molecule is C=CC(=O)Cl.C=CC(=O)OCOc1ccc(C(=O)C(C)(C)O)cc1.CC(C)(O)C(=O)c1ccc(OCCO)cc1. The quantitative estimate of drug-likeness (QED) is 0.112. The van der Waals surface area contributed by atoms with Crippen molar-refractivity contribution in [1.82, 2.24) is 0 Å². The summed E-state index contributed by atoms with van der Waals surface area (Å²) in [6.45, 7) is 12.0. The first-order valence-corrected chi connectivity index (χ1v) is 12.2. The van der Waals surface area contributed by atoms with Crippen LogP contribution in [-0.2, 0) is 14.3 Å². The van der Waals surface area contributed by atoms with Gasteiger partial charge in [-0.05, 0) is 93.9 Å². The second-order valence-corrected chi connectivity index (χ2v) is 9.21. The number of aliphatic hydroxyl groups excluding tert-OH is 1. The number of rotatable bonds is 12. The molecule has 218 valence electrons. The number of carbonyl (C=O) groups is 4. The Morgan fingerprint density at radius 3 is 1.45 bits per heavy atom. The summed E-state index contributed by atoms with van der Waals surface area (Å²) in [5, 5.41) is 27.2. The predicted octanol–water partition coefficient (Wildman–Crippen LogP) is 3.65. The molecule has 0 radical (unpaired) electrons. The van der Waals surface area contributed by atoms with Gasteiger partial charge < -0.3 is 29.5 Å². The number of aliphatic hydroxyl groups is 3. The highest BCUT2D eigenvalue weighted by Gasteiger charge is 2.25. The summed E-state index contributed by atoms with van der Waals surface area (Å²) in [5.74, 6) is -0.252. The minimum atomic E-state index is -1.41. The van der Waals surface area contributed by atoms with Crippen LogP contribution in [-0.4, -0.2) is 69.3 Å². The van der Waals surface area contributed by atoms with E-state index in [1.807, 2.05) is 0 Å². The van der Waals surface area contributed by atoms with Gasteiger partial charge in [0.1, 0.15) is 29.3 Å². The summed E-state index contributed by atoms with van der Waals surface area (Å²) >= 11 is 4.71. The van der Waals surface area contributed by atoms with E-state index in [1.165, 1.54) is 39.8 Å². The molecular formula is C29H35ClO10. The Kier molecular flexibility index (Phi) is 16.0. The van der Waals surface area contributed by atoms with Gasteiger partial charge in [0.25, 0.3) is 0 Å². The van der Waals surface area contributed by atoms with Crippen molar-refractivity contribution in [3.05, 3.63) is 85.0 Å². The van der Waals surface area contributed by atoms with E-state index in [1.54, 1.807) is 36.4 Å². The van der Waals surface area contributed by atoms with Crippen molar-refractivity contribution in [1.29, 1.82) is 0 Å². The summed E-state index contributed by atoms with van der Waals surface area (Å²) in [7, 11) is 0. The molecule has 10 nitrogen and oxygen atoms in total. The van der Waals surface area contributed by atoms with Gasteiger partial charge in [-0.3, -0.25) is 14.4 Å². The molecule has 0 aromatic heterocycles. The van der Waals surface area contributed by atoms with Crippen LogP contribution in [0.4, 0.5) is 0 Å². The fraction of sp³-hybridized carbons (Fsp3) is 0.310. The number of benzene rings is 2. The number of allylic oxidation sites excluding steroid dienone is 1. The first-order valence-electron chi connectivity index (χ1n) is 11.8. The smallest absolute Gasteiger partial charge is 0.333 e. The van der Waals surface area contributed by atoms with Crippen LogP contribution in [0.15, 0.2) is 73.8 Å².